The van der Waals surface area contributed by atoms with E-state index < -0.39 is 30.5 Å². The highest BCUT2D eigenvalue weighted by atomic mass is 19.4. The maximum atomic E-state index is 11.8. The number of hydrogen-bond donors (Lipinski definition) is 1. The van der Waals surface area contributed by atoms with E-state index in [4.69, 9.17) is 5.11 Å². The fraction of sp³-hybridized carbons (Fsp3) is 0.889. The van der Waals surface area contributed by atoms with Gasteiger partial charge in [-0.2, -0.15) is 13.2 Å². The topological polar surface area (TPSA) is 40.5 Å². The maximum absolute atomic E-state index is 11.8. The second-order valence-corrected chi connectivity index (χ2v) is 4.04. The summed E-state index contributed by atoms with van der Waals surface area (Å²) >= 11 is 0. The number of halogens is 3. The van der Waals surface area contributed by atoms with Gasteiger partial charge in [-0.15, -0.1) is 0 Å². The van der Waals surface area contributed by atoms with Gasteiger partial charge in [0.25, 0.3) is 0 Å². The summed E-state index contributed by atoms with van der Waals surface area (Å²) in [6.45, 7) is 2.87. The number of nitrogens with zero attached hydrogens (tertiary/aromatic N) is 1. The Labute approximate surface area is 86.9 Å². The van der Waals surface area contributed by atoms with Crippen LogP contribution in [0, 0.1) is 0 Å². The molecule has 0 aromatic rings. The first kappa shape index (κ1) is 14.2. The van der Waals surface area contributed by atoms with E-state index >= 15 is 0 Å². The van der Waals surface area contributed by atoms with Gasteiger partial charge in [0.15, 0.2) is 0 Å². The molecule has 0 saturated carbocycles. The van der Waals surface area contributed by atoms with Gasteiger partial charge in [0.2, 0.25) is 5.91 Å². The first-order valence-corrected chi connectivity index (χ1v) is 4.54. The zero-order chi connectivity index (χ0) is 12.3. The molecule has 6 heteroatoms. The molecule has 0 aliphatic heterocycles. The van der Waals surface area contributed by atoms with E-state index in [0.29, 0.717) is 0 Å². The molecular weight excluding hydrogens is 211 g/mol. The van der Waals surface area contributed by atoms with Crippen LogP contribution in [0.1, 0.15) is 26.7 Å². The zero-order valence-electron chi connectivity index (χ0n) is 9.06. The minimum absolute atomic E-state index is 0.290. The summed E-state index contributed by atoms with van der Waals surface area (Å²) in [6, 6.07) is 0. The quantitative estimate of drug-likeness (QED) is 0.791. The van der Waals surface area contributed by atoms with Gasteiger partial charge in [0, 0.05) is 13.5 Å². The number of alkyl halides is 3. The molecule has 0 rings (SSSR count). The first-order valence-electron chi connectivity index (χ1n) is 4.54. The Bertz CT molecular complexity index is 226. The van der Waals surface area contributed by atoms with Gasteiger partial charge in [-0.1, -0.05) is 0 Å². The summed E-state index contributed by atoms with van der Waals surface area (Å²) in [5.41, 5.74) is -0.831. The highest BCUT2D eigenvalue weighted by Gasteiger charge is 2.31. The van der Waals surface area contributed by atoms with Crippen LogP contribution in [0.15, 0.2) is 0 Å². The average molecular weight is 227 g/mol. The van der Waals surface area contributed by atoms with Crippen LogP contribution < -0.4 is 0 Å². The Kier molecular flexibility index (Phi) is 4.58. The third-order valence-corrected chi connectivity index (χ3v) is 2.29. The lowest BCUT2D eigenvalue weighted by Gasteiger charge is -2.34. The molecule has 0 aliphatic rings. The smallest absolute Gasteiger partial charge is 0.389 e. The van der Waals surface area contributed by atoms with Crippen molar-refractivity contribution in [3.63, 3.8) is 0 Å². The fourth-order valence-corrected chi connectivity index (χ4v) is 0.860. The zero-order valence-corrected chi connectivity index (χ0v) is 9.06. The molecule has 1 N–H and O–H groups in total. The highest BCUT2D eigenvalue weighted by Crippen LogP contribution is 2.23. The minimum atomic E-state index is -4.32. The summed E-state index contributed by atoms with van der Waals surface area (Å²) in [7, 11) is 1.38. The largest absolute Gasteiger partial charge is 0.394 e. The minimum Gasteiger partial charge on any atom is -0.394 e. The summed E-state index contributed by atoms with van der Waals surface area (Å²) in [4.78, 5) is 12.4. The number of hydrogen-bond acceptors (Lipinski definition) is 2. The van der Waals surface area contributed by atoms with Gasteiger partial charge in [0.05, 0.1) is 18.6 Å². The lowest BCUT2D eigenvalue weighted by Crippen LogP contribution is -2.47. The monoisotopic (exact) mass is 227 g/mol. The Morgan fingerprint density at radius 2 is 1.80 bits per heavy atom. The molecule has 15 heavy (non-hydrogen) atoms. The maximum Gasteiger partial charge on any atom is 0.389 e. The Morgan fingerprint density at radius 1 is 1.33 bits per heavy atom. The highest BCUT2D eigenvalue weighted by molar-refractivity contribution is 5.76. The normalized spacial score (nSPS) is 12.7. The molecule has 0 bridgehead atoms. The predicted octanol–water partition coefficient (Wildman–Crippen LogP) is 1.56. The van der Waals surface area contributed by atoms with Crippen molar-refractivity contribution in [2.45, 2.75) is 38.4 Å². The van der Waals surface area contributed by atoms with E-state index in [1.807, 2.05) is 0 Å². The second kappa shape index (κ2) is 4.83. The summed E-state index contributed by atoms with van der Waals surface area (Å²) in [5, 5.41) is 8.93. The number of aliphatic hydroxyl groups excluding tert-OH is 1. The van der Waals surface area contributed by atoms with Crippen LogP contribution in [0.25, 0.3) is 0 Å². The van der Waals surface area contributed by atoms with Crippen molar-refractivity contribution in [1.82, 2.24) is 4.90 Å². The van der Waals surface area contributed by atoms with Crippen molar-refractivity contribution < 1.29 is 23.1 Å². The summed E-state index contributed by atoms with van der Waals surface area (Å²) in [6.07, 6.45) is -6.03. The third kappa shape index (κ3) is 5.01. The van der Waals surface area contributed by atoms with Crippen LogP contribution in [-0.4, -0.2) is 41.3 Å². The van der Waals surface area contributed by atoms with E-state index in [-0.39, 0.29) is 6.61 Å². The number of rotatable bonds is 4. The van der Waals surface area contributed by atoms with Crippen LogP contribution in [0.3, 0.4) is 0 Å². The van der Waals surface area contributed by atoms with Crippen LogP contribution in [0.5, 0.6) is 0 Å². The lowest BCUT2D eigenvalue weighted by molar-refractivity contribution is -0.151. The van der Waals surface area contributed by atoms with Crippen molar-refractivity contribution in [2.75, 3.05) is 13.7 Å². The first-order chi connectivity index (χ1) is 6.60. The Morgan fingerprint density at radius 3 is 2.13 bits per heavy atom. The van der Waals surface area contributed by atoms with Gasteiger partial charge in [-0.25, -0.2) is 0 Å². The number of carbonyl (C=O) groups excluding carboxylic acids is 1. The van der Waals surface area contributed by atoms with Crippen LogP contribution in [0.4, 0.5) is 13.2 Å². The van der Waals surface area contributed by atoms with Crippen molar-refractivity contribution >= 4 is 5.91 Å². The number of carbonyl (C=O) groups is 1. The fourth-order valence-electron chi connectivity index (χ4n) is 0.860. The molecule has 0 fully saturated rings. The second-order valence-electron chi connectivity index (χ2n) is 4.04. The van der Waals surface area contributed by atoms with E-state index in [1.54, 1.807) is 13.8 Å². The number of aliphatic hydroxyl groups is 1. The Balaban J connectivity index is 4.23. The van der Waals surface area contributed by atoms with Gasteiger partial charge in [-0.3, -0.25) is 4.79 Å². The molecule has 1 amide bonds. The molecule has 0 spiro atoms. The molecule has 0 aliphatic carbocycles. The standard InChI is InChI=1S/C9H16F3NO2/c1-8(2,6-14)13(3)7(15)4-5-9(10,11)12/h14H,4-6H2,1-3H3. The van der Waals surface area contributed by atoms with Crippen molar-refractivity contribution in [3.05, 3.63) is 0 Å². The van der Waals surface area contributed by atoms with E-state index in [1.165, 1.54) is 7.05 Å². The SMILES string of the molecule is CN(C(=O)CCC(F)(F)F)C(C)(C)CO. The van der Waals surface area contributed by atoms with Gasteiger partial charge in [-0.05, 0) is 13.8 Å². The molecule has 0 radical (unpaired) electrons. The predicted molar refractivity (Wildman–Crippen MR) is 49.2 cm³/mol. The van der Waals surface area contributed by atoms with Crippen LogP contribution in [0.2, 0.25) is 0 Å². The van der Waals surface area contributed by atoms with Gasteiger partial charge >= 0.3 is 6.18 Å². The average Bonchev–Trinajstić information content (AvgIpc) is 2.11. The molecule has 0 heterocycles. The summed E-state index contributed by atoms with van der Waals surface area (Å²) < 4.78 is 35.5. The molecule has 0 aromatic carbocycles. The van der Waals surface area contributed by atoms with E-state index in [9.17, 15) is 18.0 Å². The van der Waals surface area contributed by atoms with Crippen LogP contribution >= 0.6 is 0 Å². The summed E-state index contributed by atoms with van der Waals surface area (Å²) in [5.74, 6) is -0.619. The van der Waals surface area contributed by atoms with Crippen molar-refractivity contribution in [2.24, 2.45) is 0 Å². The number of likely N-dealkylation sites (N-methyl/N-ethyl adjacent to an activating group) is 1. The molecule has 90 valence electrons. The lowest BCUT2D eigenvalue weighted by atomic mass is 10.0. The molecule has 0 unspecified atom stereocenters. The van der Waals surface area contributed by atoms with Crippen LogP contribution in [-0.2, 0) is 4.79 Å². The van der Waals surface area contributed by atoms with Gasteiger partial charge in [0.1, 0.15) is 0 Å². The van der Waals surface area contributed by atoms with E-state index in [0.717, 1.165) is 4.90 Å². The molecule has 3 nitrogen and oxygen atoms in total. The molecular formula is C9H16F3NO2. The van der Waals surface area contributed by atoms with Crippen molar-refractivity contribution in [3.8, 4) is 0 Å². The van der Waals surface area contributed by atoms with E-state index in [2.05, 4.69) is 0 Å². The molecule has 0 atom stereocenters. The number of amides is 1. The third-order valence-electron chi connectivity index (χ3n) is 2.29. The molecule has 0 saturated heterocycles. The van der Waals surface area contributed by atoms with Gasteiger partial charge < -0.3 is 10.0 Å². The van der Waals surface area contributed by atoms with Crippen molar-refractivity contribution in [1.29, 1.82) is 0 Å². The Hall–Kier alpha value is -0.780. The molecule has 0 aromatic heterocycles.